The minimum Gasteiger partial charge on any atom is -0.459 e. The van der Waals surface area contributed by atoms with Crippen molar-refractivity contribution < 1.29 is 23.5 Å². The van der Waals surface area contributed by atoms with E-state index in [1.54, 1.807) is 6.07 Å². The average Bonchev–Trinajstić information content (AvgIpc) is 2.90. The Balaban J connectivity index is 2.50. The van der Waals surface area contributed by atoms with Crippen LogP contribution in [0.2, 0.25) is 0 Å². The van der Waals surface area contributed by atoms with E-state index in [0.29, 0.717) is 0 Å². The number of hydrogen-bond donors (Lipinski definition) is 2. The van der Waals surface area contributed by atoms with Gasteiger partial charge in [0.2, 0.25) is 0 Å². The second kappa shape index (κ2) is 7.11. The molecule has 1 aromatic rings. The van der Waals surface area contributed by atoms with Crippen molar-refractivity contribution in [2.75, 3.05) is 0 Å². The van der Waals surface area contributed by atoms with E-state index in [1.807, 2.05) is 20.8 Å². The fourth-order valence-corrected chi connectivity index (χ4v) is 1.54. The van der Waals surface area contributed by atoms with Crippen molar-refractivity contribution >= 4 is 17.8 Å². The predicted octanol–water partition coefficient (Wildman–Crippen LogP) is 1.24. The normalized spacial score (nSPS) is 13.9. The highest BCUT2D eigenvalue weighted by atomic mass is 16.5. The molecule has 2 atom stereocenters. The zero-order valence-electron chi connectivity index (χ0n) is 13.4. The maximum Gasteiger partial charge on any atom is 0.329 e. The summed E-state index contributed by atoms with van der Waals surface area (Å²) in [6.07, 6.45) is 0.409. The van der Waals surface area contributed by atoms with Gasteiger partial charge in [0.05, 0.1) is 6.26 Å². The highest BCUT2D eigenvalue weighted by Crippen LogP contribution is 2.04. The monoisotopic (exact) mass is 310 g/mol. The molecule has 1 heterocycles. The van der Waals surface area contributed by atoms with E-state index >= 15 is 0 Å². The lowest BCUT2D eigenvalue weighted by molar-refractivity contribution is -0.156. The van der Waals surface area contributed by atoms with Crippen LogP contribution in [-0.4, -0.2) is 35.5 Å². The number of ether oxygens (including phenoxy) is 1. The third kappa shape index (κ3) is 5.59. The summed E-state index contributed by atoms with van der Waals surface area (Å²) in [7, 11) is 0. The first kappa shape index (κ1) is 17.7. The van der Waals surface area contributed by atoms with E-state index in [4.69, 9.17) is 9.15 Å². The van der Waals surface area contributed by atoms with Gasteiger partial charge in [-0.1, -0.05) is 0 Å². The van der Waals surface area contributed by atoms with E-state index in [-0.39, 0.29) is 5.76 Å². The van der Waals surface area contributed by atoms with Gasteiger partial charge in [0.1, 0.15) is 6.04 Å². The van der Waals surface area contributed by atoms with Crippen LogP contribution in [0.1, 0.15) is 45.2 Å². The number of hydrogen-bond acceptors (Lipinski definition) is 5. The molecule has 0 saturated carbocycles. The second-order valence-electron chi connectivity index (χ2n) is 5.99. The quantitative estimate of drug-likeness (QED) is 0.798. The zero-order chi connectivity index (χ0) is 16.9. The summed E-state index contributed by atoms with van der Waals surface area (Å²) in [6, 6.07) is 2.14. The molecule has 122 valence electrons. The minimum atomic E-state index is -0.949. The van der Waals surface area contributed by atoms with E-state index in [0.717, 1.165) is 0 Å². The van der Waals surface area contributed by atoms with Crippen molar-refractivity contribution in [3.05, 3.63) is 24.2 Å². The predicted molar refractivity (Wildman–Crippen MR) is 79.1 cm³/mol. The Bertz CT molecular complexity index is 531. The Morgan fingerprint density at radius 1 is 1.23 bits per heavy atom. The van der Waals surface area contributed by atoms with Gasteiger partial charge in [-0.15, -0.1) is 0 Å². The lowest BCUT2D eigenvalue weighted by Crippen LogP contribution is -2.48. The number of carbonyl (C=O) groups excluding carboxylic acids is 3. The third-order valence-electron chi connectivity index (χ3n) is 2.61. The summed E-state index contributed by atoms with van der Waals surface area (Å²) in [5.41, 5.74) is -0.420. The molecule has 22 heavy (non-hydrogen) atoms. The molecule has 0 aliphatic rings. The molecule has 0 aliphatic heterocycles. The van der Waals surface area contributed by atoms with Crippen LogP contribution >= 0.6 is 0 Å². The number of furan rings is 1. The Hall–Kier alpha value is -2.31. The highest BCUT2D eigenvalue weighted by Gasteiger charge is 2.26. The smallest absolute Gasteiger partial charge is 0.329 e. The molecule has 0 aliphatic carbocycles. The van der Waals surface area contributed by atoms with Crippen molar-refractivity contribution in [1.29, 1.82) is 0 Å². The topological polar surface area (TPSA) is 97.6 Å². The van der Waals surface area contributed by atoms with Gasteiger partial charge in [-0.2, -0.15) is 0 Å². The Kier molecular flexibility index (Phi) is 5.73. The van der Waals surface area contributed by atoms with Gasteiger partial charge in [0.25, 0.3) is 11.8 Å². The van der Waals surface area contributed by atoms with Crippen molar-refractivity contribution in [3.63, 3.8) is 0 Å². The first-order chi connectivity index (χ1) is 10.1. The molecule has 2 N–H and O–H groups in total. The van der Waals surface area contributed by atoms with Gasteiger partial charge in [-0.05, 0) is 46.8 Å². The van der Waals surface area contributed by atoms with Gasteiger partial charge in [-0.25, -0.2) is 4.79 Å². The van der Waals surface area contributed by atoms with E-state index in [9.17, 15) is 14.4 Å². The summed E-state index contributed by atoms with van der Waals surface area (Å²) in [5, 5.41) is 5.14. The zero-order valence-corrected chi connectivity index (χ0v) is 13.4. The number of rotatable bonds is 5. The highest BCUT2D eigenvalue weighted by molar-refractivity contribution is 5.94. The fraction of sp³-hybridized carbons (Fsp3) is 0.533. The van der Waals surface area contributed by atoms with E-state index in [1.165, 1.54) is 26.2 Å². The van der Waals surface area contributed by atoms with Gasteiger partial charge in [-0.3, -0.25) is 9.59 Å². The van der Waals surface area contributed by atoms with Crippen LogP contribution in [-0.2, 0) is 14.3 Å². The molecule has 2 amide bonds. The average molecular weight is 310 g/mol. The largest absolute Gasteiger partial charge is 0.459 e. The maximum absolute atomic E-state index is 11.9. The molecule has 0 fully saturated rings. The Morgan fingerprint density at radius 2 is 1.86 bits per heavy atom. The molecule has 0 radical (unpaired) electrons. The molecule has 1 aromatic heterocycles. The standard InChI is InChI=1S/C15H22N2O5/c1-9(16-13(19)11-7-6-8-21-11)14(20)22-10(2)12(18)17-15(3,4)5/h6-10H,1-5H3,(H,16,19)(H,17,18)/t9-,10-/m0/s1. The SMILES string of the molecule is C[C@H](NC(=O)c1ccco1)C(=O)O[C@@H](C)C(=O)NC(C)(C)C. The summed E-state index contributed by atoms with van der Waals surface area (Å²) >= 11 is 0. The van der Waals surface area contributed by atoms with E-state index < -0.39 is 35.5 Å². The van der Waals surface area contributed by atoms with Crippen LogP contribution < -0.4 is 10.6 Å². The molecule has 0 unspecified atom stereocenters. The Labute approximate surface area is 129 Å². The first-order valence-corrected chi connectivity index (χ1v) is 6.97. The van der Waals surface area contributed by atoms with Crippen molar-refractivity contribution in [2.45, 2.75) is 52.3 Å². The van der Waals surface area contributed by atoms with Gasteiger partial charge in [0.15, 0.2) is 11.9 Å². The van der Waals surface area contributed by atoms with Crippen LogP contribution in [0.5, 0.6) is 0 Å². The number of nitrogens with one attached hydrogen (secondary N) is 2. The molecule has 0 spiro atoms. The molecular formula is C15H22N2O5. The van der Waals surface area contributed by atoms with Crippen LogP contribution in [0.25, 0.3) is 0 Å². The summed E-state index contributed by atoms with van der Waals surface area (Å²) in [5.74, 6) is -1.53. The summed E-state index contributed by atoms with van der Waals surface area (Å²) < 4.78 is 9.96. The second-order valence-corrected chi connectivity index (χ2v) is 5.99. The fourth-order valence-electron chi connectivity index (χ4n) is 1.54. The number of amides is 2. The first-order valence-electron chi connectivity index (χ1n) is 6.97. The van der Waals surface area contributed by atoms with Crippen molar-refractivity contribution in [2.24, 2.45) is 0 Å². The molecule has 0 saturated heterocycles. The summed E-state index contributed by atoms with van der Waals surface area (Å²) in [4.78, 5) is 35.5. The molecule has 1 rings (SSSR count). The number of carbonyl (C=O) groups is 3. The van der Waals surface area contributed by atoms with Gasteiger partial charge >= 0.3 is 5.97 Å². The van der Waals surface area contributed by atoms with E-state index in [2.05, 4.69) is 10.6 Å². The van der Waals surface area contributed by atoms with Gasteiger partial charge < -0.3 is 19.8 Å². The lowest BCUT2D eigenvalue weighted by Gasteiger charge is -2.24. The summed E-state index contributed by atoms with van der Waals surface area (Å²) in [6.45, 7) is 8.42. The van der Waals surface area contributed by atoms with Crippen LogP contribution in [0.15, 0.2) is 22.8 Å². The molecular weight excluding hydrogens is 288 g/mol. The van der Waals surface area contributed by atoms with Crippen molar-refractivity contribution in [3.8, 4) is 0 Å². The van der Waals surface area contributed by atoms with Crippen LogP contribution in [0.4, 0.5) is 0 Å². The Morgan fingerprint density at radius 3 is 2.36 bits per heavy atom. The molecule has 0 aromatic carbocycles. The van der Waals surface area contributed by atoms with Crippen LogP contribution in [0, 0.1) is 0 Å². The maximum atomic E-state index is 11.9. The molecule has 7 heteroatoms. The third-order valence-corrected chi connectivity index (χ3v) is 2.61. The molecule has 0 bridgehead atoms. The minimum absolute atomic E-state index is 0.0955. The molecule has 7 nitrogen and oxygen atoms in total. The van der Waals surface area contributed by atoms with Crippen molar-refractivity contribution in [1.82, 2.24) is 10.6 Å². The number of esters is 1. The lowest BCUT2D eigenvalue weighted by atomic mass is 10.1. The van der Waals surface area contributed by atoms with Gasteiger partial charge in [0, 0.05) is 5.54 Å². The van der Waals surface area contributed by atoms with Crippen LogP contribution in [0.3, 0.4) is 0 Å².